The van der Waals surface area contributed by atoms with Crippen LogP contribution in [0.4, 0.5) is 0 Å². The lowest BCUT2D eigenvalue weighted by Crippen LogP contribution is -2.41. The second kappa shape index (κ2) is 13.2. The third kappa shape index (κ3) is 8.56. The van der Waals surface area contributed by atoms with E-state index in [1.807, 2.05) is 19.9 Å². The molecule has 3 N–H and O–H groups in total. The molecule has 2 atom stereocenters. The summed E-state index contributed by atoms with van der Waals surface area (Å²) < 4.78 is 12.7. The van der Waals surface area contributed by atoms with Crippen molar-refractivity contribution in [1.29, 1.82) is 0 Å². The number of aliphatic hydroxyl groups excluding tert-OH is 1. The summed E-state index contributed by atoms with van der Waals surface area (Å²) in [6.07, 6.45) is 14.0. The number of aromatic nitrogens is 2. The molecule has 190 valence electrons. The summed E-state index contributed by atoms with van der Waals surface area (Å²) in [5.74, 6) is 1.14. The minimum Gasteiger partial charge on any atom is -0.483 e. The highest BCUT2D eigenvalue weighted by Crippen LogP contribution is 2.25. The number of hydrogen-bond acceptors (Lipinski definition) is 6. The molecule has 0 saturated heterocycles. The Morgan fingerprint density at radius 2 is 2.18 bits per heavy atom. The molecule has 1 aliphatic rings. The number of nitrogens with zero attached hydrogens (tertiary/aromatic N) is 2. The Balaban J connectivity index is 2.26. The molecule has 1 aromatic heterocycles. The molecule has 1 amide bonds. The van der Waals surface area contributed by atoms with Crippen molar-refractivity contribution in [2.75, 3.05) is 20.3 Å². The van der Waals surface area contributed by atoms with E-state index in [-0.39, 0.29) is 30.4 Å². The van der Waals surface area contributed by atoms with E-state index in [9.17, 15) is 9.90 Å². The van der Waals surface area contributed by atoms with Crippen molar-refractivity contribution in [2.45, 2.75) is 71.4 Å². The lowest BCUT2D eigenvalue weighted by molar-refractivity contribution is 0.0904. The highest BCUT2D eigenvalue weighted by atomic mass is 16.5. The molecule has 0 aliphatic heterocycles. The highest BCUT2D eigenvalue weighted by molar-refractivity contribution is 5.96. The van der Waals surface area contributed by atoms with Crippen LogP contribution < -0.4 is 15.4 Å². The number of aliphatic hydroxyl groups is 1. The number of allylic oxidation sites excluding steroid dienone is 2. The van der Waals surface area contributed by atoms with Gasteiger partial charge < -0.3 is 25.2 Å². The summed E-state index contributed by atoms with van der Waals surface area (Å²) in [6.45, 7) is 12.4. The van der Waals surface area contributed by atoms with Crippen molar-refractivity contribution in [2.24, 2.45) is 11.8 Å². The quantitative estimate of drug-likeness (QED) is 0.312. The van der Waals surface area contributed by atoms with Gasteiger partial charge in [0, 0.05) is 18.8 Å². The first-order chi connectivity index (χ1) is 16.2. The predicted molar refractivity (Wildman–Crippen MR) is 135 cm³/mol. The Bertz CT molecular complexity index is 857. The van der Waals surface area contributed by atoms with Crippen LogP contribution in [0.5, 0.6) is 5.88 Å². The molecule has 0 saturated carbocycles. The average Bonchev–Trinajstić information content (AvgIpc) is 3.17. The predicted octanol–water partition coefficient (Wildman–Crippen LogP) is 4.10. The van der Waals surface area contributed by atoms with E-state index in [0.29, 0.717) is 30.4 Å². The van der Waals surface area contributed by atoms with E-state index >= 15 is 0 Å². The Kier molecular flexibility index (Phi) is 10.7. The van der Waals surface area contributed by atoms with Gasteiger partial charge >= 0.3 is 0 Å². The van der Waals surface area contributed by atoms with Crippen molar-refractivity contribution in [1.82, 2.24) is 20.4 Å². The fourth-order valence-corrected chi connectivity index (χ4v) is 3.88. The van der Waals surface area contributed by atoms with Crippen LogP contribution in [0.2, 0.25) is 0 Å². The van der Waals surface area contributed by atoms with Gasteiger partial charge in [-0.15, -0.1) is 0 Å². The normalized spacial score (nSPS) is 20.0. The zero-order chi connectivity index (χ0) is 25.1. The average molecular weight is 475 g/mol. The summed E-state index contributed by atoms with van der Waals surface area (Å²) in [7, 11) is 1.56. The van der Waals surface area contributed by atoms with Gasteiger partial charge in [0.15, 0.2) is 5.88 Å². The molecule has 0 bridgehead atoms. The molecule has 34 heavy (non-hydrogen) atoms. The Morgan fingerprint density at radius 3 is 2.85 bits per heavy atom. The number of amides is 1. The van der Waals surface area contributed by atoms with Gasteiger partial charge in [0.1, 0.15) is 5.56 Å². The fourth-order valence-electron chi connectivity index (χ4n) is 3.88. The molecule has 0 fully saturated rings. The number of nitrogens with one attached hydrogen (secondary N) is 2. The van der Waals surface area contributed by atoms with E-state index in [4.69, 9.17) is 9.47 Å². The van der Waals surface area contributed by atoms with Crippen molar-refractivity contribution in [3.63, 3.8) is 0 Å². The molecule has 2 rings (SSSR count). The fraction of sp³-hybridized carbons (Fsp3) is 0.615. The standard InChI is InChI=1S/C26H42N4O4/c1-19(2)18-34-25-22(17-27-30(25)15-14-26(4,5)29-20(3)33-6)24(32)28-23-12-10-8-7-9-11-21(23)13-16-31/h7,9,14-15,17,19,21,23,29,31H,3,8,10-13,16,18H2,1-2,4-6H3,(H,28,32)/b9-7-,15-14+/t21?,23-/m0/s1. The number of hydrogen-bond donors (Lipinski definition) is 3. The lowest BCUT2D eigenvalue weighted by Gasteiger charge is -2.28. The number of rotatable bonds is 12. The van der Waals surface area contributed by atoms with Gasteiger partial charge in [-0.2, -0.15) is 5.10 Å². The maximum absolute atomic E-state index is 13.3. The summed E-state index contributed by atoms with van der Waals surface area (Å²) in [5.41, 5.74) is -0.0570. The molecule has 0 radical (unpaired) electrons. The van der Waals surface area contributed by atoms with Crippen molar-refractivity contribution >= 4 is 12.1 Å². The molecule has 0 spiro atoms. The van der Waals surface area contributed by atoms with Crippen LogP contribution >= 0.6 is 0 Å². The van der Waals surface area contributed by atoms with Crippen LogP contribution in [0.25, 0.3) is 6.20 Å². The van der Waals surface area contributed by atoms with E-state index in [1.165, 1.54) is 0 Å². The monoisotopic (exact) mass is 474 g/mol. The molecule has 1 unspecified atom stereocenters. The highest BCUT2D eigenvalue weighted by Gasteiger charge is 2.26. The van der Waals surface area contributed by atoms with Gasteiger partial charge in [0.2, 0.25) is 5.88 Å². The zero-order valence-electron chi connectivity index (χ0n) is 21.3. The summed E-state index contributed by atoms with van der Waals surface area (Å²) in [6, 6.07) is -0.00960. The third-order valence-corrected chi connectivity index (χ3v) is 5.76. The van der Waals surface area contributed by atoms with Gasteiger partial charge in [-0.3, -0.25) is 4.79 Å². The van der Waals surface area contributed by atoms with Gasteiger partial charge in [-0.1, -0.05) is 26.0 Å². The summed E-state index contributed by atoms with van der Waals surface area (Å²) in [5, 5.41) is 20.3. The van der Waals surface area contributed by atoms with E-state index < -0.39 is 5.54 Å². The molecular formula is C26H42N4O4. The van der Waals surface area contributed by atoms with E-state index in [2.05, 4.69) is 48.3 Å². The van der Waals surface area contributed by atoms with Crippen LogP contribution in [0, 0.1) is 11.8 Å². The molecule has 8 heteroatoms. The zero-order valence-corrected chi connectivity index (χ0v) is 21.3. The van der Waals surface area contributed by atoms with Crippen LogP contribution in [0.1, 0.15) is 70.2 Å². The molecule has 0 aromatic carbocycles. The van der Waals surface area contributed by atoms with Crippen molar-refractivity contribution < 1.29 is 19.4 Å². The van der Waals surface area contributed by atoms with Gasteiger partial charge in [-0.05, 0) is 70.4 Å². The Hall–Kier alpha value is -2.74. The molecule has 1 aromatic rings. The summed E-state index contributed by atoms with van der Waals surface area (Å²) >= 11 is 0. The van der Waals surface area contributed by atoms with Gasteiger partial charge in [0.25, 0.3) is 5.91 Å². The first kappa shape index (κ1) is 27.5. The first-order valence-corrected chi connectivity index (χ1v) is 12.1. The molecule has 1 heterocycles. The number of methoxy groups -OCH3 is 1. The first-order valence-electron chi connectivity index (χ1n) is 12.1. The van der Waals surface area contributed by atoms with Crippen molar-refractivity contribution in [3.8, 4) is 5.88 Å². The van der Waals surface area contributed by atoms with Crippen LogP contribution in [-0.4, -0.2) is 52.7 Å². The van der Waals surface area contributed by atoms with Gasteiger partial charge in [-0.25, -0.2) is 4.68 Å². The number of carbonyl (C=O) groups excluding carboxylic acids is 1. The number of ether oxygens (including phenoxy) is 2. The van der Waals surface area contributed by atoms with Crippen LogP contribution in [-0.2, 0) is 4.74 Å². The van der Waals surface area contributed by atoms with Gasteiger partial charge in [0.05, 0.1) is 25.5 Å². The van der Waals surface area contributed by atoms with E-state index in [1.54, 1.807) is 24.2 Å². The van der Waals surface area contributed by atoms with E-state index in [0.717, 1.165) is 25.7 Å². The lowest BCUT2D eigenvalue weighted by atomic mass is 9.87. The van der Waals surface area contributed by atoms with Crippen molar-refractivity contribution in [3.05, 3.63) is 42.5 Å². The Labute approximate surface area is 204 Å². The smallest absolute Gasteiger partial charge is 0.258 e. The summed E-state index contributed by atoms with van der Waals surface area (Å²) in [4.78, 5) is 13.3. The maximum Gasteiger partial charge on any atom is 0.258 e. The molecular weight excluding hydrogens is 432 g/mol. The SMILES string of the molecule is C=C(NC(C)(C)/C=C/n1ncc(C(=O)N[C@H]2CCC/C=C\CC2CCO)c1OCC(C)C)OC. The second-order valence-corrected chi connectivity index (χ2v) is 9.79. The number of carbonyl (C=O) groups is 1. The maximum atomic E-state index is 13.3. The molecule has 1 aliphatic carbocycles. The Morgan fingerprint density at radius 1 is 1.41 bits per heavy atom. The minimum atomic E-state index is -0.458. The largest absolute Gasteiger partial charge is 0.483 e. The molecule has 8 nitrogen and oxygen atoms in total. The van der Waals surface area contributed by atoms with Crippen LogP contribution in [0.15, 0.2) is 36.9 Å². The minimum absolute atomic E-state index is 0.00960. The van der Waals surface area contributed by atoms with Crippen LogP contribution in [0.3, 0.4) is 0 Å². The third-order valence-electron chi connectivity index (χ3n) is 5.76. The topological polar surface area (TPSA) is 97.6 Å². The second-order valence-electron chi connectivity index (χ2n) is 9.79.